The molecule has 2 N–H and O–H groups in total. The van der Waals surface area contributed by atoms with Crippen molar-refractivity contribution in [2.75, 3.05) is 11.9 Å². The first-order valence-corrected chi connectivity index (χ1v) is 8.91. The molecule has 0 radical (unpaired) electrons. The summed E-state index contributed by atoms with van der Waals surface area (Å²) in [6, 6.07) is 11.2. The third-order valence-electron chi connectivity index (χ3n) is 4.05. The summed E-state index contributed by atoms with van der Waals surface area (Å²) in [5, 5.41) is 16.7. The molecule has 1 atom stereocenters. The standard InChI is InChI=1S/C19H16ClF3N4O2/c20-17-15(24-10-14(28)8-12-4-2-1-3-5-12)11-26-27(18(17)29)16-7-6-13(9-25-16)19(21,22)23/h1-7,9,11,14,24,28H,8,10H2. The highest BCUT2D eigenvalue weighted by molar-refractivity contribution is 6.32. The molecule has 0 aliphatic heterocycles. The number of halogens is 4. The molecule has 0 amide bonds. The molecular formula is C19H16ClF3N4O2. The van der Waals surface area contributed by atoms with Gasteiger partial charge in [0.1, 0.15) is 5.02 Å². The Labute approximate surface area is 168 Å². The van der Waals surface area contributed by atoms with Crippen LogP contribution in [0.4, 0.5) is 18.9 Å². The van der Waals surface area contributed by atoms with Crippen LogP contribution in [0, 0.1) is 0 Å². The summed E-state index contributed by atoms with van der Waals surface area (Å²) in [6.45, 7) is 0.123. The molecule has 0 saturated carbocycles. The maximum atomic E-state index is 12.6. The first kappa shape index (κ1) is 20.8. The van der Waals surface area contributed by atoms with E-state index in [0.717, 1.165) is 22.4 Å². The highest BCUT2D eigenvalue weighted by atomic mass is 35.5. The summed E-state index contributed by atoms with van der Waals surface area (Å²) in [7, 11) is 0. The fourth-order valence-corrected chi connectivity index (χ4v) is 2.78. The van der Waals surface area contributed by atoms with Crippen molar-refractivity contribution >= 4 is 17.3 Å². The fraction of sp³-hybridized carbons (Fsp3) is 0.211. The van der Waals surface area contributed by atoms with Crippen LogP contribution < -0.4 is 10.9 Å². The summed E-state index contributed by atoms with van der Waals surface area (Å²) in [4.78, 5) is 16.0. The smallest absolute Gasteiger partial charge is 0.391 e. The average molecular weight is 425 g/mol. The van der Waals surface area contributed by atoms with E-state index < -0.39 is 23.4 Å². The third-order valence-corrected chi connectivity index (χ3v) is 4.42. The molecule has 2 heterocycles. The number of alkyl halides is 3. The van der Waals surface area contributed by atoms with Crippen LogP contribution in [0.3, 0.4) is 0 Å². The van der Waals surface area contributed by atoms with E-state index in [2.05, 4.69) is 15.4 Å². The number of aliphatic hydroxyl groups excluding tert-OH is 1. The van der Waals surface area contributed by atoms with Crippen molar-refractivity contribution < 1.29 is 18.3 Å². The van der Waals surface area contributed by atoms with Gasteiger partial charge in [-0.2, -0.15) is 23.0 Å². The van der Waals surface area contributed by atoms with E-state index in [-0.39, 0.29) is 23.1 Å². The van der Waals surface area contributed by atoms with Crippen molar-refractivity contribution in [1.82, 2.24) is 14.8 Å². The zero-order chi connectivity index (χ0) is 21.0. The van der Waals surface area contributed by atoms with Crippen LogP contribution in [0.25, 0.3) is 5.82 Å². The average Bonchev–Trinajstić information content (AvgIpc) is 2.69. The van der Waals surface area contributed by atoms with Crippen LogP contribution in [-0.4, -0.2) is 32.5 Å². The molecule has 3 rings (SSSR count). The van der Waals surface area contributed by atoms with Crippen LogP contribution in [-0.2, 0) is 12.6 Å². The molecule has 0 fully saturated rings. The van der Waals surface area contributed by atoms with Gasteiger partial charge >= 0.3 is 6.18 Å². The molecule has 0 aliphatic rings. The van der Waals surface area contributed by atoms with E-state index in [4.69, 9.17) is 11.6 Å². The van der Waals surface area contributed by atoms with Gasteiger partial charge in [0.2, 0.25) is 0 Å². The van der Waals surface area contributed by atoms with Gasteiger partial charge in [-0.15, -0.1) is 0 Å². The second-order valence-electron chi connectivity index (χ2n) is 6.22. The van der Waals surface area contributed by atoms with Gasteiger partial charge in [-0.1, -0.05) is 41.9 Å². The number of rotatable bonds is 6. The Bertz CT molecular complexity index is 1020. The predicted octanol–water partition coefficient (Wildman–Crippen LogP) is 3.32. The van der Waals surface area contributed by atoms with Crippen molar-refractivity contribution in [3.05, 3.63) is 81.4 Å². The second-order valence-corrected chi connectivity index (χ2v) is 6.59. The number of aromatic nitrogens is 3. The number of nitrogens with one attached hydrogen (secondary N) is 1. The van der Waals surface area contributed by atoms with Gasteiger partial charge in [0.05, 0.1) is 23.6 Å². The topological polar surface area (TPSA) is 80.0 Å². The van der Waals surface area contributed by atoms with Gasteiger partial charge < -0.3 is 10.4 Å². The largest absolute Gasteiger partial charge is 0.417 e. The zero-order valence-corrected chi connectivity index (χ0v) is 15.7. The Morgan fingerprint density at radius 2 is 1.86 bits per heavy atom. The monoisotopic (exact) mass is 424 g/mol. The number of hydrogen-bond donors (Lipinski definition) is 2. The highest BCUT2D eigenvalue weighted by Gasteiger charge is 2.30. The summed E-state index contributed by atoms with van der Waals surface area (Å²) in [6.07, 6.45) is -2.99. The highest BCUT2D eigenvalue weighted by Crippen LogP contribution is 2.28. The summed E-state index contributed by atoms with van der Waals surface area (Å²) < 4.78 is 38.7. The van der Waals surface area contributed by atoms with Crippen molar-refractivity contribution in [2.24, 2.45) is 0 Å². The zero-order valence-electron chi connectivity index (χ0n) is 14.9. The Morgan fingerprint density at radius 1 is 1.14 bits per heavy atom. The molecule has 1 unspecified atom stereocenters. The van der Waals surface area contributed by atoms with Gasteiger partial charge in [-0.3, -0.25) is 4.79 Å². The quantitative estimate of drug-likeness (QED) is 0.634. The van der Waals surface area contributed by atoms with Gasteiger partial charge in [-0.25, -0.2) is 4.98 Å². The number of benzene rings is 1. The number of pyridine rings is 1. The Morgan fingerprint density at radius 3 is 2.48 bits per heavy atom. The van der Waals surface area contributed by atoms with Gasteiger partial charge in [0.15, 0.2) is 5.82 Å². The number of hydrogen-bond acceptors (Lipinski definition) is 5. The maximum absolute atomic E-state index is 12.6. The summed E-state index contributed by atoms with van der Waals surface area (Å²) in [5.74, 6) is -0.0967. The van der Waals surface area contributed by atoms with E-state index in [0.29, 0.717) is 12.6 Å². The number of nitrogens with zero attached hydrogens (tertiary/aromatic N) is 3. The number of anilines is 1. The molecule has 6 nitrogen and oxygen atoms in total. The molecule has 0 aliphatic carbocycles. The van der Waals surface area contributed by atoms with Crippen LogP contribution >= 0.6 is 11.6 Å². The minimum Gasteiger partial charge on any atom is -0.391 e. The number of aliphatic hydroxyl groups is 1. The third kappa shape index (κ3) is 5.12. The SMILES string of the molecule is O=c1c(Cl)c(NCC(O)Cc2ccccc2)cnn1-c1ccc(C(F)(F)F)cn1. The molecule has 0 saturated heterocycles. The van der Waals surface area contributed by atoms with Crippen molar-refractivity contribution in [1.29, 1.82) is 0 Å². The lowest BCUT2D eigenvalue weighted by molar-refractivity contribution is -0.137. The van der Waals surface area contributed by atoms with Crippen molar-refractivity contribution in [3.8, 4) is 5.82 Å². The normalized spacial score (nSPS) is 12.6. The van der Waals surface area contributed by atoms with E-state index >= 15 is 0 Å². The summed E-state index contributed by atoms with van der Waals surface area (Å²) >= 11 is 6.07. The Hall–Kier alpha value is -2.91. The second kappa shape index (κ2) is 8.62. The van der Waals surface area contributed by atoms with E-state index in [9.17, 15) is 23.1 Å². The minimum atomic E-state index is -4.53. The first-order chi connectivity index (χ1) is 13.8. The van der Waals surface area contributed by atoms with Crippen molar-refractivity contribution in [2.45, 2.75) is 18.7 Å². The molecule has 0 spiro atoms. The lowest BCUT2D eigenvalue weighted by atomic mass is 10.1. The van der Waals surface area contributed by atoms with Gasteiger partial charge in [0.25, 0.3) is 5.56 Å². The Balaban J connectivity index is 1.71. The molecule has 3 aromatic rings. The molecule has 10 heteroatoms. The Kier molecular flexibility index (Phi) is 6.19. The van der Waals surface area contributed by atoms with Crippen molar-refractivity contribution in [3.63, 3.8) is 0 Å². The molecule has 152 valence electrons. The van der Waals surface area contributed by atoms with Gasteiger partial charge in [0, 0.05) is 19.2 Å². The molecule has 0 bridgehead atoms. The lowest BCUT2D eigenvalue weighted by Crippen LogP contribution is -2.26. The summed E-state index contributed by atoms with van der Waals surface area (Å²) in [5.41, 5.74) is -0.533. The van der Waals surface area contributed by atoms with Crippen LogP contribution in [0.5, 0.6) is 0 Å². The first-order valence-electron chi connectivity index (χ1n) is 8.53. The van der Waals surface area contributed by atoms with E-state index in [1.165, 1.54) is 6.20 Å². The van der Waals surface area contributed by atoms with E-state index in [1.807, 2.05) is 30.3 Å². The molecule has 1 aromatic carbocycles. The van der Waals surface area contributed by atoms with Crippen LogP contribution in [0.1, 0.15) is 11.1 Å². The lowest BCUT2D eigenvalue weighted by Gasteiger charge is -2.14. The molecule has 2 aromatic heterocycles. The fourth-order valence-electron chi connectivity index (χ4n) is 2.58. The van der Waals surface area contributed by atoms with Crippen LogP contribution in [0.2, 0.25) is 5.02 Å². The predicted molar refractivity (Wildman–Crippen MR) is 102 cm³/mol. The maximum Gasteiger partial charge on any atom is 0.417 e. The van der Waals surface area contributed by atoms with Crippen LogP contribution in [0.15, 0.2) is 59.7 Å². The minimum absolute atomic E-state index is 0.0967. The van der Waals surface area contributed by atoms with Gasteiger partial charge in [-0.05, 0) is 17.7 Å². The van der Waals surface area contributed by atoms with E-state index in [1.54, 1.807) is 0 Å². The molecular weight excluding hydrogens is 409 g/mol. The molecule has 29 heavy (non-hydrogen) atoms.